The van der Waals surface area contributed by atoms with E-state index in [1.54, 1.807) is 18.7 Å². The Morgan fingerprint density at radius 1 is 1.36 bits per heavy atom. The van der Waals surface area contributed by atoms with Gasteiger partial charge in [0.15, 0.2) is 0 Å². The van der Waals surface area contributed by atoms with E-state index in [9.17, 15) is 13.6 Å². The normalized spacial score (nSPS) is 13.5. The lowest BCUT2D eigenvalue weighted by molar-refractivity contribution is 0.227. The number of aliphatic hydroxyl groups is 1. The maximum absolute atomic E-state index is 13.8. The number of carbonyl (C=O) groups excluding carboxylic acids is 1. The zero-order valence-electron chi connectivity index (χ0n) is 12.7. The Morgan fingerprint density at radius 3 is 2.64 bits per heavy atom. The van der Waals surface area contributed by atoms with Gasteiger partial charge in [-0.3, -0.25) is 0 Å². The van der Waals surface area contributed by atoms with E-state index >= 15 is 0 Å². The molecule has 0 aromatic heterocycles. The van der Waals surface area contributed by atoms with E-state index in [4.69, 9.17) is 5.11 Å². The van der Waals surface area contributed by atoms with Gasteiger partial charge in [-0.05, 0) is 25.2 Å². The zero-order chi connectivity index (χ0) is 16.5. The van der Waals surface area contributed by atoms with Gasteiger partial charge < -0.3 is 15.7 Å². The predicted octanol–water partition coefficient (Wildman–Crippen LogP) is 2.83. The molecule has 7 heteroatoms. The van der Waals surface area contributed by atoms with E-state index in [1.807, 2.05) is 6.26 Å². The maximum Gasteiger partial charge on any atom is 0.315 e. The molecule has 0 saturated carbocycles. The highest BCUT2D eigenvalue weighted by atomic mass is 32.2. The number of benzene rings is 1. The molecule has 22 heavy (non-hydrogen) atoms. The Morgan fingerprint density at radius 2 is 2.09 bits per heavy atom. The van der Waals surface area contributed by atoms with Crippen LogP contribution in [-0.4, -0.2) is 35.8 Å². The van der Waals surface area contributed by atoms with Crippen molar-refractivity contribution in [1.82, 2.24) is 10.6 Å². The van der Waals surface area contributed by atoms with Crippen molar-refractivity contribution in [1.29, 1.82) is 0 Å². The van der Waals surface area contributed by atoms with Gasteiger partial charge in [-0.25, -0.2) is 13.6 Å². The molecule has 2 unspecified atom stereocenters. The van der Waals surface area contributed by atoms with Crippen molar-refractivity contribution in [2.75, 3.05) is 18.6 Å². The first kappa shape index (κ1) is 18.7. The molecule has 0 aliphatic rings. The van der Waals surface area contributed by atoms with Crippen LogP contribution in [0.2, 0.25) is 0 Å². The van der Waals surface area contributed by atoms with E-state index in [1.165, 1.54) is 12.1 Å². The van der Waals surface area contributed by atoms with E-state index in [-0.39, 0.29) is 18.2 Å². The summed E-state index contributed by atoms with van der Waals surface area (Å²) in [4.78, 5) is 12.0. The number of nitrogens with one attached hydrogen (secondary N) is 2. The van der Waals surface area contributed by atoms with Crippen molar-refractivity contribution < 1.29 is 18.7 Å². The molecule has 2 atom stereocenters. The van der Waals surface area contributed by atoms with Crippen molar-refractivity contribution >= 4 is 17.8 Å². The van der Waals surface area contributed by atoms with Crippen molar-refractivity contribution in [3.63, 3.8) is 0 Å². The van der Waals surface area contributed by atoms with Crippen LogP contribution in [0.4, 0.5) is 13.6 Å². The Kier molecular flexibility index (Phi) is 8.19. The molecule has 3 N–H and O–H groups in total. The molecule has 124 valence electrons. The minimum absolute atomic E-state index is 0.0185. The number of urea groups is 1. The van der Waals surface area contributed by atoms with Crippen LogP contribution in [0.15, 0.2) is 18.2 Å². The number of rotatable bonds is 8. The Balaban J connectivity index is 2.70. The number of thioether (sulfide) groups is 1. The van der Waals surface area contributed by atoms with Gasteiger partial charge in [0, 0.05) is 30.0 Å². The van der Waals surface area contributed by atoms with Gasteiger partial charge in [0.1, 0.15) is 11.6 Å². The number of aliphatic hydroxyl groups excluding tert-OH is 1. The highest BCUT2D eigenvalue weighted by molar-refractivity contribution is 7.98. The third kappa shape index (κ3) is 5.81. The number of halogens is 2. The smallest absolute Gasteiger partial charge is 0.315 e. The minimum atomic E-state index is -0.678. The molecule has 0 saturated heterocycles. The molecule has 1 aromatic carbocycles. The number of carbonyl (C=O) groups is 1. The van der Waals surface area contributed by atoms with E-state index in [0.717, 1.165) is 6.07 Å². The summed E-state index contributed by atoms with van der Waals surface area (Å²) in [5, 5.41) is 14.4. The molecule has 1 aromatic rings. The second kappa shape index (κ2) is 9.63. The minimum Gasteiger partial charge on any atom is -0.396 e. The zero-order valence-corrected chi connectivity index (χ0v) is 13.6. The standard InChI is InChI=1S/C15H22F2N2O2S/c1-3-14(12-5-4-10(16)8-13(12)17)19-15(21)18-11(6-7-20)9-22-2/h4-5,8,11,14,20H,3,6-7,9H2,1-2H3,(H2,18,19,21). The third-order valence-electron chi connectivity index (χ3n) is 3.23. The van der Waals surface area contributed by atoms with E-state index < -0.39 is 23.7 Å². The van der Waals surface area contributed by atoms with Crippen LogP contribution in [0.5, 0.6) is 0 Å². The Hall–Kier alpha value is -1.34. The lowest BCUT2D eigenvalue weighted by atomic mass is 10.0. The molecule has 1 rings (SSSR count). The largest absolute Gasteiger partial charge is 0.396 e. The summed E-state index contributed by atoms with van der Waals surface area (Å²) in [5.41, 5.74) is 0.252. The fourth-order valence-electron chi connectivity index (χ4n) is 2.12. The second-order valence-electron chi connectivity index (χ2n) is 4.91. The maximum atomic E-state index is 13.8. The van der Waals surface area contributed by atoms with E-state index in [0.29, 0.717) is 18.6 Å². The molecule has 0 aliphatic heterocycles. The lowest BCUT2D eigenvalue weighted by Crippen LogP contribution is -2.45. The fourth-order valence-corrected chi connectivity index (χ4v) is 2.78. The quantitative estimate of drug-likeness (QED) is 0.686. The summed E-state index contributed by atoms with van der Waals surface area (Å²) >= 11 is 1.56. The Labute approximate surface area is 133 Å². The van der Waals surface area contributed by atoms with Gasteiger partial charge >= 0.3 is 6.03 Å². The number of amides is 2. The highest BCUT2D eigenvalue weighted by Gasteiger charge is 2.18. The molecule has 2 amide bonds. The third-order valence-corrected chi connectivity index (χ3v) is 3.97. The molecule has 0 heterocycles. The molecular formula is C15H22F2N2O2S. The summed E-state index contributed by atoms with van der Waals surface area (Å²) in [6.45, 7) is 1.79. The van der Waals surface area contributed by atoms with Gasteiger partial charge in [-0.2, -0.15) is 11.8 Å². The number of hydrogen-bond donors (Lipinski definition) is 3. The highest BCUT2D eigenvalue weighted by Crippen LogP contribution is 2.20. The average Bonchev–Trinajstić information content (AvgIpc) is 2.46. The van der Waals surface area contributed by atoms with Crippen LogP contribution in [0.1, 0.15) is 31.4 Å². The van der Waals surface area contributed by atoms with Crippen molar-refractivity contribution in [2.24, 2.45) is 0 Å². The van der Waals surface area contributed by atoms with E-state index in [2.05, 4.69) is 10.6 Å². The average molecular weight is 332 g/mol. The number of hydrogen-bond acceptors (Lipinski definition) is 3. The van der Waals surface area contributed by atoms with Gasteiger partial charge in [-0.15, -0.1) is 0 Å². The molecule has 0 fully saturated rings. The molecule has 0 radical (unpaired) electrons. The molecule has 0 aliphatic carbocycles. The topological polar surface area (TPSA) is 61.4 Å². The monoisotopic (exact) mass is 332 g/mol. The summed E-state index contributed by atoms with van der Waals surface area (Å²) in [5.74, 6) is -0.651. The van der Waals surface area contributed by atoms with Crippen LogP contribution < -0.4 is 10.6 Å². The molecule has 4 nitrogen and oxygen atoms in total. The summed E-state index contributed by atoms with van der Waals surface area (Å²) in [6.07, 6.45) is 2.84. The first-order chi connectivity index (χ1) is 10.5. The first-order valence-corrected chi connectivity index (χ1v) is 8.52. The van der Waals surface area contributed by atoms with Crippen molar-refractivity contribution in [3.05, 3.63) is 35.4 Å². The predicted molar refractivity (Wildman–Crippen MR) is 84.9 cm³/mol. The SMILES string of the molecule is CCC(NC(=O)NC(CCO)CSC)c1ccc(F)cc1F. The van der Waals surface area contributed by atoms with Crippen LogP contribution in [0.3, 0.4) is 0 Å². The summed E-state index contributed by atoms with van der Waals surface area (Å²) < 4.78 is 26.7. The van der Waals surface area contributed by atoms with Crippen LogP contribution >= 0.6 is 11.8 Å². The van der Waals surface area contributed by atoms with Crippen LogP contribution in [-0.2, 0) is 0 Å². The Bertz CT molecular complexity index is 483. The van der Waals surface area contributed by atoms with Crippen molar-refractivity contribution in [3.8, 4) is 0 Å². The van der Waals surface area contributed by atoms with Gasteiger partial charge in [-0.1, -0.05) is 13.0 Å². The van der Waals surface area contributed by atoms with Gasteiger partial charge in [0.25, 0.3) is 0 Å². The van der Waals surface area contributed by atoms with Crippen molar-refractivity contribution in [2.45, 2.75) is 31.8 Å². The fraction of sp³-hybridized carbons (Fsp3) is 0.533. The van der Waals surface area contributed by atoms with Crippen LogP contribution in [0.25, 0.3) is 0 Å². The second-order valence-corrected chi connectivity index (χ2v) is 5.82. The van der Waals surface area contributed by atoms with Gasteiger partial charge in [0.2, 0.25) is 0 Å². The first-order valence-electron chi connectivity index (χ1n) is 7.13. The van der Waals surface area contributed by atoms with Gasteiger partial charge in [0.05, 0.1) is 6.04 Å². The summed E-state index contributed by atoms with van der Waals surface area (Å²) in [7, 11) is 0. The molecule has 0 spiro atoms. The summed E-state index contributed by atoms with van der Waals surface area (Å²) in [6, 6.07) is 2.19. The van der Waals surface area contributed by atoms with Crippen LogP contribution in [0, 0.1) is 11.6 Å². The molecular weight excluding hydrogens is 310 g/mol. The molecule has 0 bridgehead atoms. The lowest BCUT2D eigenvalue weighted by Gasteiger charge is -2.22.